The average Bonchev–Trinajstić information content (AvgIpc) is 2.76. The van der Waals surface area contributed by atoms with Crippen LogP contribution in [0.4, 0.5) is 5.69 Å². The Bertz CT molecular complexity index is 853. The van der Waals surface area contributed by atoms with Crippen LogP contribution >= 0.6 is 23.4 Å². The van der Waals surface area contributed by atoms with E-state index in [9.17, 15) is 0 Å². The van der Waals surface area contributed by atoms with Crippen LogP contribution in [0.3, 0.4) is 0 Å². The Morgan fingerprint density at radius 2 is 1.71 bits per heavy atom. The molecule has 0 amide bonds. The molecule has 1 unspecified atom stereocenters. The average molecular weight is 354 g/mol. The maximum Gasteiger partial charge on any atom is 0.128 e. The van der Waals surface area contributed by atoms with Crippen LogP contribution in [0.5, 0.6) is 5.75 Å². The molecule has 0 fully saturated rings. The van der Waals surface area contributed by atoms with Gasteiger partial charge in [-0.3, -0.25) is 0 Å². The molecule has 4 rings (SSSR count). The van der Waals surface area contributed by atoms with Crippen molar-refractivity contribution in [2.45, 2.75) is 21.9 Å². The summed E-state index contributed by atoms with van der Waals surface area (Å²) in [5.41, 5.74) is 3.06. The number of benzene rings is 3. The number of hydrogen-bond donors (Lipinski definition) is 1. The molecular weight excluding hydrogens is 338 g/mol. The van der Waals surface area contributed by atoms with Crippen molar-refractivity contribution in [1.82, 2.24) is 0 Å². The molecule has 0 aromatic heterocycles. The van der Waals surface area contributed by atoms with E-state index in [1.165, 1.54) is 4.90 Å². The fraction of sp³-hybridized carbons (Fsp3) is 0.100. The maximum absolute atomic E-state index is 6.50. The summed E-state index contributed by atoms with van der Waals surface area (Å²) in [6.45, 7) is 0.562. The van der Waals surface area contributed by atoms with E-state index in [4.69, 9.17) is 16.3 Å². The molecule has 120 valence electrons. The fourth-order valence-corrected chi connectivity index (χ4v) is 4.12. The van der Waals surface area contributed by atoms with Crippen LogP contribution in [0.1, 0.15) is 16.6 Å². The molecule has 0 aliphatic carbocycles. The van der Waals surface area contributed by atoms with E-state index in [2.05, 4.69) is 35.6 Å². The van der Waals surface area contributed by atoms with Crippen LogP contribution in [0.2, 0.25) is 0 Å². The molecule has 1 aliphatic heterocycles. The number of anilines is 1. The van der Waals surface area contributed by atoms with E-state index >= 15 is 0 Å². The zero-order chi connectivity index (χ0) is 16.4. The summed E-state index contributed by atoms with van der Waals surface area (Å²) in [4.78, 5) is 2.29. The minimum atomic E-state index is -0.231. The molecule has 0 spiro atoms. The number of rotatable bonds is 3. The molecule has 0 saturated carbocycles. The zero-order valence-corrected chi connectivity index (χ0v) is 14.5. The van der Waals surface area contributed by atoms with Gasteiger partial charge in [-0.2, -0.15) is 0 Å². The Hall–Kier alpha value is -2.10. The summed E-state index contributed by atoms with van der Waals surface area (Å²) in [5.74, 6) is 0.859. The van der Waals surface area contributed by atoms with E-state index in [0.717, 1.165) is 27.5 Å². The molecule has 24 heavy (non-hydrogen) atoms. The van der Waals surface area contributed by atoms with Gasteiger partial charge < -0.3 is 10.1 Å². The van der Waals surface area contributed by atoms with Gasteiger partial charge in [0, 0.05) is 21.0 Å². The molecule has 1 heterocycles. The number of halogens is 1. The number of ether oxygens (including phenoxy) is 1. The fourth-order valence-electron chi connectivity index (χ4n) is 2.65. The van der Waals surface area contributed by atoms with Crippen LogP contribution in [-0.4, -0.2) is 0 Å². The first-order valence-corrected chi connectivity index (χ1v) is 9.03. The second kappa shape index (κ2) is 6.80. The van der Waals surface area contributed by atoms with Crippen molar-refractivity contribution in [3.63, 3.8) is 0 Å². The number of nitrogens with one attached hydrogen (secondary N) is 1. The monoisotopic (exact) mass is 353 g/mol. The summed E-state index contributed by atoms with van der Waals surface area (Å²) in [6.07, 6.45) is 0. The van der Waals surface area contributed by atoms with Gasteiger partial charge in [0.1, 0.15) is 17.9 Å². The lowest BCUT2D eigenvalue weighted by Gasteiger charge is -2.13. The second-order valence-electron chi connectivity index (χ2n) is 5.58. The molecule has 0 radical (unpaired) electrons. The highest BCUT2D eigenvalue weighted by Gasteiger charge is 2.20. The smallest absolute Gasteiger partial charge is 0.128 e. The Morgan fingerprint density at radius 3 is 2.58 bits per heavy atom. The Morgan fingerprint density at radius 1 is 0.917 bits per heavy atom. The molecule has 0 saturated heterocycles. The van der Waals surface area contributed by atoms with Crippen molar-refractivity contribution in [1.29, 1.82) is 0 Å². The summed E-state index contributed by atoms with van der Waals surface area (Å²) >= 11 is 8.22. The van der Waals surface area contributed by atoms with Gasteiger partial charge in [-0.25, -0.2) is 0 Å². The predicted molar refractivity (Wildman–Crippen MR) is 100.0 cm³/mol. The SMILES string of the molecule is ClC1Nc2ccc(OCc3ccccc3)cc2Sc2ccccc21. The van der Waals surface area contributed by atoms with Crippen molar-refractivity contribution >= 4 is 29.1 Å². The highest BCUT2D eigenvalue weighted by molar-refractivity contribution is 7.99. The van der Waals surface area contributed by atoms with Crippen molar-refractivity contribution in [3.8, 4) is 5.75 Å². The van der Waals surface area contributed by atoms with Gasteiger partial charge >= 0.3 is 0 Å². The maximum atomic E-state index is 6.50. The molecule has 0 bridgehead atoms. The van der Waals surface area contributed by atoms with E-state index in [0.29, 0.717) is 6.61 Å². The summed E-state index contributed by atoms with van der Waals surface area (Å²) in [7, 11) is 0. The van der Waals surface area contributed by atoms with Crippen molar-refractivity contribution in [2.75, 3.05) is 5.32 Å². The normalized spacial score (nSPS) is 15.6. The van der Waals surface area contributed by atoms with Crippen LogP contribution in [0, 0.1) is 0 Å². The zero-order valence-electron chi connectivity index (χ0n) is 12.9. The summed E-state index contributed by atoms with van der Waals surface area (Å²) in [5, 5.41) is 3.37. The lowest BCUT2D eigenvalue weighted by molar-refractivity contribution is 0.305. The Balaban J connectivity index is 1.58. The van der Waals surface area contributed by atoms with Crippen LogP contribution in [-0.2, 0) is 6.61 Å². The quantitative estimate of drug-likeness (QED) is 0.455. The van der Waals surface area contributed by atoms with Gasteiger partial charge in [-0.15, -0.1) is 0 Å². The van der Waals surface area contributed by atoms with E-state index in [1.54, 1.807) is 11.8 Å². The van der Waals surface area contributed by atoms with Gasteiger partial charge in [0.25, 0.3) is 0 Å². The highest BCUT2D eigenvalue weighted by Crippen LogP contribution is 2.44. The lowest BCUT2D eigenvalue weighted by Crippen LogP contribution is -2.03. The molecular formula is C20H16ClNOS. The van der Waals surface area contributed by atoms with Crippen LogP contribution in [0.25, 0.3) is 0 Å². The number of alkyl halides is 1. The first kappa shape index (κ1) is 15.4. The largest absolute Gasteiger partial charge is 0.489 e. The molecule has 1 atom stereocenters. The summed E-state index contributed by atoms with van der Waals surface area (Å²) < 4.78 is 5.94. The molecule has 2 nitrogen and oxygen atoms in total. The second-order valence-corrected chi connectivity index (χ2v) is 7.10. The third-order valence-electron chi connectivity index (χ3n) is 3.90. The molecule has 3 aromatic rings. The first-order chi connectivity index (χ1) is 11.8. The van der Waals surface area contributed by atoms with E-state index < -0.39 is 0 Å². The minimum absolute atomic E-state index is 0.231. The Labute approximate surface area is 150 Å². The predicted octanol–water partition coefficient (Wildman–Crippen LogP) is 6.08. The molecule has 3 aromatic carbocycles. The number of hydrogen-bond acceptors (Lipinski definition) is 3. The van der Waals surface area contributed by atoms with Gasteiger partial charge in [-0.1, -0.05) is 71.9 Å². The molecule has 1 N–H and O–H groups in total. The number of fused-ring (bicyclic) bond motifs is 2. The highest BCUT2D eigenvalue weighted by atomic mass is 35.5. The standard InChI is InChI=1S/C20H16ClNOS/c21-20-16-8-4-5-9-18(16)24-19-12-15(10-11-17(19)22-20)23-13-14-6-2-1-3-7-14/h1-12,20,22H,13H2. The van der Waals surface area contributed by atoms with Gasteiger partial charge in [0.2, 0.25) is 0 Å². The minimum Gasteiger partial charge on any atom is -0.489 e. The summed E-state index contributed by atoms with van der Waals surface area (Å²) in [6, 6.07) is 24.5. The van der Waals surface area contributed by atoms with Crippen LogP contribution < -0.4 is 10.1 Å². The van der Waals surface area contributed by atoms with Gasteiger partial charge in [0.15, 0.2) is 0 Å². The van der Waals surface area contributed by atoms with Gasteiger partial charge in [-0.05, 0) is 29.8 Å². The topological polar surface area (TPSA) is 21.3 Å². The lowest BCUT2D eigenvalue weighted by atomic mass is 10.2. The molecule has 1 aliphatic rings. The third kappa shape index (κ3) is 3.23. The van der Waals surface area contributed by atoms with Crippen molar-refractivity contribution < 1.29 is 4.74 Å². The van der Waals surface area contributed by atoms with Crippen molar-refractivity contribution in [3.05, 3.63) is 83.9 Å². The molecule has 4 heteroatoms. The van der Waals surface area contributed by atoms with Gasteiger partial charge in [0.05, 0.1) is 0 Å². The van der Waals surface area contributed by atoms with Crippen LogP contribution in [0.15, 0.2) is 82.6 Å². The Kier molecular flexibility index (Phi) is 4.37. The third-order valence-corrected chi connectivity index (χ3v) is 5.39. The first-order valence-electron chi connectivity index (χ1n) is 7.78. The van der Waals surface area contributed by atoms with Crippen molar-refractivity contribution in [2.24, 2.45) is 0 Å². The van der Waals surface area contributed by atoms with E-state index in [1.807, 2.05) is 42.5 Å². The van der Waals surface area contributed by atoms with E-state index in [-0.39, 0.29) is 5.50 Å².